The fourth-order valence-corrected chi connectivity index (χ4v) is 2.50. The zero-order valence-corrected chi connectivity index (χ0v) is 9.69. The number of hydrogen-bond acceptors (Lipinski definition) is 2. The van der Waals surface area contributed by atoms with Crippen molar-refractivity contribution in [1.29, 1.82) is 0 Å². The lowest BCUT2D eigenvalue weighted by Gasteiger charge is -2.22. The number of aromatic nitrogens is 2. The van der Waals surface area contributed by atoms with Gasteiger partial charge in [0, 0.05) is 5.69 Å². The highest BCUT2D eigenvalue weighted by Crippen LogP contribution is 2.34. The molecule has 1 aliphatic rings. The van der Waals surface area contributed by atoms with Crippen LogP contribution in [0.4, 0.5) is 5.69 Å². The molecule has 84 valence electrons. The van der Waals surface area contributed by atoms with Crippen LogP contribution in [0.3, 0.4) is 0 Å². The molecule has 0 unspecified atom stereocenters. The van der Waals surface area contributed by atoms with Crippen LogP contribution in [-0.4, -0.2) is 9.97 Å². The van der Waals surface area contributed by atoms with Crippen LogP contribution in [0.1, 0.15) is 43.7 Å². The molecule has 0 spiro atoms. The first-order valence-electron chi connectivity index (χ1n) is 5.46. The highest BCUT2D eigenvalue weighted by Gasteiger charge is 2.20. The number of nitrogens with one attached hydrogen (secondary N) is 2. The first-order chi connectivity index (χ1) is 7.72. The van der Waals surface area contributed by atoms with Crippen LogP contribution in [-0.2, 0) is 0 Å². The summed E-state index contributed by atoms with van der Waals surface area (Å²) >= 11 is 4.95. The minimum atomic E-state index is -0.362. The largest absolute Gasteiger partial charge is 0.345 e. The molecule has 1 aromatic rings. The molecule has 0 saturated heterocycles. The molecule has 16 heavy (non-hydrogen) atoms. The SMILES string of the molecule is [C-]#[N+]c1c(C2CCCCC2)[nH]c(=S)[nH]c1=O. The van der Waals surface area contributed by atoms with Crippen LogP contribution in [0, 0.1) is 11.3 Å². The van der Waals surface area contributed by atoms with Gasteiger partial charge < -0.3 is 9.97 Å². The molecule has 0 radical (unpaired) electrons. The van der Waals surface area contributed by atoms with Gasteiger partial charge in [-0.15, -0.1) is 0 Å². The second-order valence-electron chi connectivity index (χ2n) is 4.12. The Morgan fingerprint density at radius 1 is 1.25 bits per heavy atom. The standard InChI is InChI=1S/C11H13N3OS/c1-12-9-8(7-5-3-2-4-6-7)13-11(16)14-10(9)15/h7H,2-6H2,(H2,13,14,15,16). The number of rotatable bonds is 1. The van der Waals surface area contributed by atoms with E-state index in [9.17, 15) is 4.79 Å². The van der Waals surface area contributed by atoms with Crippen LogP contribution in [0.2, 0.25) is 0 Å². The summed E-state index contributed by atoms with van der Waals surface area (Å²) < 4.78 is 0.318. The van der Waals surface area contributed by atoms with Crippen molar-refractivity contribution in [3.05, 3.63) is 32.2 Å². The third kappa shape index (κ3) is 2.07. The number of aromatic amines is 2. The molecule has 2 rings (SSSR count). The second-order valence-corrected chi connectivity index (χ2v) is 4.53. The van der Waals surface area contributed by atoms with Crippen molar-refractivity contribution in [3.63, 3.8) is 0 Å². The number of H-pyrrole nitrogens is 2. The summed E-state index contributed by atoms with van der Waals surface area (Å²) in [5.41, 5.74) is 0.559. The van der Waals surface area contributed by atoms with Crippen molar-refractivity contribution >= 4 is 17.9 Å². The van der Waals surface area contributed by atoms with Crippen LogP contribution in [0.15, 0.2) is 4.79 Å². The van der Waals surface area contributed by atoms with Gasteiger partial charge in [-0.3, -0.25) is 4.79 Å². The van der Waals surface area contributed by atoms with Crippen molar-refractivity contribution in [3.8, 4) is 0 Å². The normalized spacial score (nSPS) is 16.9. The fourth-order valence-electron chi connectivity index (χ4n) is 2.30. The van der Waals surface area contributed by atoms with E-state index >= 15 is 0 Å². The van der Waals surface area contributed by atoms with E-state index in [0.717, 1.165) is 31.4 Å². The average Bonchev–Trinajstić information content (AvgIpc) is 2.29. The average molecular weight is 235 g/mol. The van der Waals surface area contributed by atoms with Crippen LogP contribution < -0.4 is 5.56 Å². The van der Waals surface area contributed by atoms with Gasteiger partial charge in [-0.05, 0) is 31.0 Å². The third-order valence-corrected chi connectivity index (χ3v) is 3.27. The number of hydrogen-bond donors (Lipinski definition) is 2. The monoisotopic (exact) mass is 235 g/mol. The van der Waals surface area contributed by atoms with Crippen molar-refractivity contribution in [2.75, 3.05) is 0 Å². The lowest BCUT2D eigenvalue weighted by atomic mass is 9.86. The topological polar surface area (TPSA) is 53.0 Å². The molecule has 1 fully saturated rings. The summed E-state index contributed by atoms with van der Waals surface area (Å²) in [5, 5.41) is 0. The minimum Gasteiger partial charge on any atom is -0.345 e. The van der Waals surface area contributed by atoms with Gasteiger partial charge >= 0.3 is 0 Å². The molecule has 4 nitrogen and oxygen atoms in total. The van der Waals surface area contributed by atoms with E-state index in [1.54, 1.807) is 0 Å². The third-order valence-electron chi connectivity index (χ3n) is 3.07. The van der Waals surface area contributed by atoms with Gasteiger partial charge in [0.05, 0.1) is 6.57 Å². The highest BCUT2D eigenvalue weighted by atomic mass is 32.1. The molecule has 1 aliphatic carbocycles. The Balaban J connectivity index is 2.50. The van der Waals surface area contributed by atoms with Crippen LogP contribution in [0.25, 0.3) is 4.85 Å². The molecule has 5 heteroatoms. The molecule has 1 aromatic heterocycles. The Morgan fingerprint density at radius 2 is 1.94 bits per heavy atom. The Bertz CT molecular complexity index is 531. The summed E-state index contributed by atoms with van der Waals surface area (Å²) in [6.07, 6.45) is 5.65. The molecule has 0 aromatic carbocycles. The minimum absolute atomic E-state index is 0.181. The Kier molecular flexibility index (Phi) is 3.20. The van der Waals surface area contributed by atoms with E-state index in [1.165, 1.54) is 6.42 Å². The van der Waals surface area contributed by atoms with Crippen LogP contribution in [0.5, 0.6) is 0 Å². The lowest BCUT2D eigenvalue weighted by molar-refractivity contribution is 0.437. The van der Waals surface area contributed by atoms with Crippen LogP contribution >= 0.6 is 12.2 Å². The van der Waals surface area contributed by atoms with E-state index < -0.39 is 0 Å². The van der Waals surface area contributed by atoms with E-state index in [2.05, 4.69) is 14.8 Å². The molecule has 0 aliphatic heterocycles. The lowest BCUT2D eigenvalue weighted by Crippen LogP contribution is -2.14. The van der Waals surface area contributed by atoms with Gasteiger partial charge in [0.2, 0.25) is 0 Å². The Labute approximate surface area is 98.5 Å². The maximum Gasteiger partial charge on any atom is 0.269 e. The molecular formula is C11H13N3OS. The van der Waals surface area contributed by atoms with Gasteiger partial charge in [-0.2, -0.15) is 0 Å². The van der Waals surface area contributed by atoms with Gasteiger partial charge in [0.15, 0.2) is 4.77 Å². The van der Waals surface area contributed by atoms with Crippen molar-refractivity contribution in [1.82, 2.24) is 9.97 Å². The Hall–Kier alpha value is -1.41. The maximum atomic E-state index is 11.6. The van der Waals surface area contributed by atoms with Crippen molar-refractivity contribution < 1.29 is 0 Å². The van der Waals surface area contributed by atoms with E-state index in [0.29, 0.717) is 10.7 Å². The summed E-state index contributed by atoms with van der Waals surface area (Å²) in [4.78, 5) is 20.3. The fraction of sp³-hybridized carbons (Fsp3) is 0.545. The predicted octanol–water partition coefficient (Wildman–Crippen LogP) is 3.03. The second kappa shape index (κ2) is 4.62. The van der Waals surface area contributed by atoms with E-state index in [4.69, 9.17) is 18.8 Å². The zero-order valence-electron chi connectivity index (χ0n) is 8.88. The van der Waals surface area contributed by atoms with Crippen molar-refractivity contribution in [2.24, 2.45) is 0 Å². The first-order valence-corrected chi connectivity index (χ1v) is 5.87. The molecule has 0 atom stereocenters. The van der Waals surface area contributed by atoms with Gasteiger partial charge in [0.25, 0.3) is 11.2 Å². The Morgan fingerprint density at radius 3 is 2.56 bits per heavy atom. The molecule has 0 bridgehead atoms. The summed E-state index contributed by atoms with van der Waals surface area (Å²) in [6.45, 7) is 7.07. The summed E-state index contributed by atoms with van der Waals surface area (Å²) in [6, 6.07) is 0. The first kappa shape index (κ1) is 11.1. The van der Waals surface area contributed by atoms with E-state index in [-0.39, 0.29) is 11.2 Å². The van der Waals surface area contributed by atoms with E-state index in [1.807, 2.05) is 0 Å². The molecule has 2 N–H and O–H groups in total. The van der Waals surface area contributed by atoms with Crippen molar-refractivity contribution in [2.45, 2.75) is 38.0 Å². The predicted molar refractivity (Wildman–Crippen MR) is 64.3 cm³/mol. The smallest absolute Gasteiger partial charge is 0.269 e. The summed E-state index contributed by atoms with van der Waals surface area (Å²) in [5.74, 6) is 0.293. The summed E-state index contributed by atoms with van der Waals surface area (Å²) in [7, 11) is 0. The quantitative estimate of drug-likeness (QED) is 0.580. The van der Waals surface area contributed by atoms with Gasteiger partial charge in [0.1, 0.15) is 0 Å². The number of nitrogens with zero attached hydrogens (tertiary/aromatic N) is 1. The maximum absolute atomic E-state index is 11.6. The molecule has 1 saturated carbocycles. The molecule has 0 amide bonds. The molecular weight excluding hydrogens is 222 g/mol. The molecule has 1 heterocycles. The highest BCUT2D eigenvalue weighted by molar-refractivity contribution is 7.71. The zero-order chi connectivity index (χ0) is 11.5. The van der Waals surface area contributed by atoms with Gasteiger partial charge in [-0.25, -0.2) is 4.85 Å². The van der Waals surface area contributed by atoms with Gasteiger partial charge in [-0.1, -0.05) is 19.3 Å².